The predicted octanol–water partition coefficient (Wildman–Crippen LogP) is 2.81. The fraction of sp³-hybridized carbons (Fsp3) is 0.286. The number of phenols is 1. The Morgan fingerprint density at radius 3 is 2.72 bits per heavy atom. The van der Waals surface area contributed by atoms with Crippen molar-refractivity contribution in [3.05, 3.63) is 48.0 Å². The quantitative estimate of drug-likeness (QED) is 0.395. The van der Waals surface area contributed by atoms with Gasteiger partial charge in [0.2, 0.25) is 12.0 Å². The summed E-state index contributed by atoms with van der Waals surface area (Å²) in [4.78, 5) is 24.1. The van der Waals surface area contributed by atoms with E-state index in [0.717, 1.165) is 6.42 Å². The van der Waals surface area contributed by atoms with E-state index in [4.69, 9.17) is 9.47 Å². The highest BCUT2D eigenvalue weighted by Crippen LogP contribution is 2.30. The fourth-order valence-electron chi connectivity index (χ4n) is 2.77. The number of carbonyl (C=O) groups is 2. The standard InChI is InChI=1S/C21H23N3O5/c1-3-6-20(26)22-14-9-10-16(25)15(11-14)13(2)23-24-21(27)19-12-28-17-7-4-5-8-18(17)29-19/h4-5,7-11,19,25H,3,6,12H2,1-2H3,(H,22,26)(H,24,27)/b23-13+/t19-/m1/s1. The second-order valence-corrected chi connectivity index (χ2v) is 6.57. The van der Waals surface area contributed by atoms with Crippen molar-refractivity contribution < 1.29 is 24.2 Å². The average Bonchev–Trinajstić information content (AvgIpc) is 2.73. The largest absolute Gasteiger partial charge is 0.507 e. The minimum Gasteiger partial charge on any atom is -0.507 e. The van der Waals surface area contributed by atoms with Gasteiger partial charge in [0.1, 0.15) is 12.4 Å². The van der Waals surface area contributed by atoms with Crippen molar-refractivity contribution in [2.45, 2.75) is 32.8 Å². The van der Waals surface area contributed by atoms with E-state index in [1.165, 1.54) is 6.07 Å². The summed E-state index contributed by atoms with van der Waals surface area (Å²) < 4.78 is 11.2. The van der Waals surface area contributed by atoms with Crippen LogP contribution in [0.3, 0.4) is 0 Å². The van der Waals surface area contributed by atoms with Crippen LogP contribution in [0.25, 0.3) is 0 Å². The third kappa shape index (κ3) is 5.04. The lowest BCUT2D eigenvalue weighted by Crippen LogP contribution is -2.42. The maximum atomic E-state index is 12.4. The molecule has 0 saturated carbocycles. The van der Waals surface area contributed by atoms with Gasteiger partial charge in [0.15, 0.2) is 11.5 Å². The van der Waals surface area contributed by atoms with E-state index in [2.05, 4.69) is 15.8 Å². The predicted molar refractivity (Wildman–Crippen MR) is 108 cm³/mol. The SMILES string of the molecule is CCCC(=O)Nc1ccc(O)c(/C(C)=N/NC(=O)[C@H]2COc3ccccc3O2)c1. The van der Waals surface area contributed by atoms with Crippen LogP contribution in [0.2, 0.25) is 0 Å². The first-order valence-corrected chi connectivity index (χ1v) is 9.33. The normalized spacial score (nSPS) is 15.5. The van der Waals surface area contributed by atoms with Gasteiger partial charge in [-0.25, -0.2) is 5.43 Å². The number of carbonyl (C=O) groups excluding carboxylic acids is 2. The van der Waals surface area contributed by atoms with Crippen LogP contribution in [0.4, 0.5) is 5.69 Å². The molecule has 29 heavy (non-hydrogen) atoms. The Morgan fingerprint density at radius 2 is 1.97 bits per heavy atom. The molecule has 2 amide bonds. The number of anilines is 1. The molecule has 3 rings (SSSR count). The first kappa shape index (κ1) is 20.2. The molecule has 0 fully saturated rings. The van der Waals surface area contributed by atoms with Crippen LogP contribution in [-0.2, 0) is 9.59 Å². The van der Waals surface area contributed by atoms with Gasteiger partial charge in [0, 0.05) is 17.7 Å². The molecule has 152 valence electrons. The van der Waals surface area contributed by atoms with Gasteiger partial charge in [-0.05, 0) is 43.7 Å². The number of phenolic OH excluding ortho intramolecular Hbond substituents is 1. The first-order valence-electron chi connectivity index (χ1n) is 9.33. The molecule has 8 nitrogen and oxygen atoms in total. The number of hydrogen-bond donors (Lipinski definition) is 3. The van der Waals surface area contributed by atoms with Gasteiger partial charge in [-0.1, -0.05) is 19.1 Å². The molecular formula is C21H23N3O5. The number of amides is 2. The maximum Gasteiger partial charge on any atom is 0.284 e. The maximum absolute atomic E-state index is 12.4. The second-order valence-electron chi connectivity index (χ2n) is 6.57. The van der Waals surface area contributed by atoms with Gasteiger partial charge >= 0.3 is 0 Å². The van der Waals surface area contributed by atoms with E-state index in [1.807, 2.05) is 13.0 Å². The number of benzene rings is 2. The van der Waals surface area contributed by atoms with Crippen LogP contribution in [0.15, 0.2) is 47.6 Å². The first-order chi connectivity index (χ1) is 14.0. The zero-order chi connectivity index (χ0) is 20.8. The average molecular weight is 397 g/mol. The van der Waals surface area contributed by atoms with Crippen LogP contribution in [0.1, 0.15) is 32.3 Å². The van der Waals surface area contributed by atoms with Gasteiger partial charge in [0.25, 0.3) is 5.91 Å². The molecule has 1 aliphatic rings. The molecule has 1 atom stereocenters. The van der Waals surface area contributed by atoms with Gasteiger partial charge < -0.3 is 19.9 Å². The number of hydrogen-bond acceptors (Lipinski definition) is 6. The van der Waals surface area contributed by atoms with Gasteiger partial charge in [-0.15, -0.1) is 0 Å². The van der Waals surface area contributed by atoms with Gasteiger partial charge in [0.05, 0.1) is 5.71 Å². The molecular weight excluding hydrogens is 374 g/mol. The van der Waals surface area contributed by atoms with Crippen LogP contribution in [0.5, 0.6) is 17.2 Å². The molecule has 0 spiro atoms. The molecule has 0 saturated heterocycles. The van der Waals surface area contributed by atoms with Crippen molar-refractivity contribution in [1.82, 2.24) is 5.43 Å². The Bertz CT molecular complexity index is 942. The molecule has 2 aromatic rings. The van der Waals surface area contributed by atoms with Crippen LogP contribution >= 0.6 is 0 Å². The van der Waals surface area contributed by atoms with Crippen molar-refractivity contribution in [2.24, 2.45) is 5.10 Å². The number of ether oxygens (including phenoxy) is 2. The third-order valence-corrected chi connectivity index (χ3v) is 4.28. The monoisotopic (exact) mass is 397 g/mol. The number of rotatable bonds is 6. The summed E-state index contributed by atoms with van der Waals surface area (Å²) in [6.07, 6.45) is 0.307. The summed E-state index contributed by atoms with van der Waals surface area (Å²) in [5, 5.41) is 16.9. The fourth-order valence-corrected chi connectivity index (χ4v) is 2.77. The lowest BCUT2D eigenvalue weighted by molar-refractivity contribution is -0.130. The number of para-hydroxylation sites is 2. The molecule has 0 aromatic heterocycles. The Kier molecular flexibility index (Phi) is 6.33. The van der Waals surface area contributed by atoms with Gasteiger partial charge in [-0.3, -0.25) is 9.59 Å². The van der Waals surface area contributed by atoms with Crippen molar-refractivity contribution in [1.29, 1.82) is 0 Å². The molecule has 1 aliphatic heterocycles. The van der Waals surface area contributed by atoms with Crippen LogP contribution in [0, 0.1) is 0 Å². The van der Waals surface area contributed by atoms with E-state index in [0.29, 0.717) is 34.9 Å². The highest BCUT2D eigenvalue weighted by molar-refractivity contribution is 6.03. The highest BCUT2D eigenvalue weighted by Gasteiger charge is 2.27. The summed E-state index contributed by atoms with van der Waals surface area (Å²) in [6, 6.07) is 11.8. The summed E-state index contributed by atoms with van der Waals surface area (Å²) in [7, 11) is 0. The number of aromatic hydroxyl groups is 1. The molecule has 0 aliphatic carbocycles. The number of hydrazone groups is 1. The number of nitrogens with zero attached hydrogens (tertiary/aromatic N) is 1. The summed E-state index contributed by atoms with van der Waals surface area (Å²) >= 11 is 0. The topological polar surface area (TPSA) is 109 Å². The minimum absolute atomic E-state index is 0.0137. The second kappa shape index (κ2) is 9.09. The van der Waals surface area contributed by atoms with Crippen molar-refractivity contribution in [3.63, 3.8) is 0 Å². The molecule has 0 unspecified atom stereocenters. The van der Waals surface area contributed by atoms with E-state index >= 15 is 0 Å². The molecule has 0 bridgehead atoms. The summed E-state index contributed by atoms with van der Waals surface area (Å²) in [5.74, 6) is 0.489. The van der Waals surface area contributed by atoms with Crippen molar-refractivity contribution in [2.75, 3.05) is 11.9 Å². The van der Waals surface area contributed by atoms with E-state index in [9.17, 15) is 14.7 Å². The number of nitrogens with one attached hydrogen (secondary N) is 2. The lowest BCUT2D eigenvalue weighted by atomic mass is 10.1. The minimum atomic E-state index is -0.838. The zero-order valence-corrected chi connectivity index (χ0v) is 16.3. The summed E-state index contributed by atoms with van der Waals surface area (Å²) in [5.41, 5.74) is 3.74. The van der Waals surface area contributed by atoms with Crippen molar-refractivity contribution in [3.8, 4) is 17.2 Å². The Balaban J connectivity index is 1.66. The number of fused-ring (bicyclic) bond motifs is 1. The third-order valence-electron chi connectivity index (χ3n) is 4.28. The van der Waals surface area contributed by atoms with Gasteiger partial charge in [-0.2, -0.15) is 5.10 Å². The molecule has 8 heteroatoms. The Hall–Kier alpha value is -3.55. The smallest absolute Gasteiger partial charge is 0.284 e. The zero-order valence-electron chi connectivity index (χ0n) is 16.3. The highest BCUT2D eigenvalue weighted by atomic mass is 16.6. The van der Waals surface area contributed by atoms with Crippen LogP contribution < -0.4 is 20.2 Å². The summed E-state index contributed by atoms with van der Waals surface area (Å²) in [6.45, 7) is 3.63. The lowest BCUT2D eigenvalue weighted by Gasteiger charge is -2.24. The van der Waals surface area contributed by atoms with Crippen molar-refractivity contribution >= 4 is 23.2 Å². The molecule has 2 aromatic carbocycles. The molecule has 0 radical (unpaired) electrons. The Labute approximate surface area is 168 Å². The van der Waals surface area contributed by atoms with Crippen LogP contribution in [-0.4, -0.2) is 35.3 Å². The van der Waals surface area contributed by atoms with E-state index < -0.39 is 12.0 Å². The molecule has 1 heterocycles. The van der Waals surface area contributed by atoms with E-state index in [1.54, 1.807) is 37.3 Å². The van der Waals surface area contributed by atoms with E-state index in [-0.39, 0.29) is 18.3 Å². The molecule has 3 N–H and O–H groups in total. The Morgan fingerprint density at radius 1 is 1.21 bits per heavy atom.